The Kier molecular flexibility index (Phi) is 8.54. The standard InChI is InChI=1S/C17H22FN3S.HI/c1-13(16-5-4-10-22-16)11-20-17(19-2)21(3)12-14-6-8-15(18)9-7-14;/h4-10,13H,11-12H2,1-3H3,(H,19,20);1H. The second-order valence-corrected chi connectivity index (χ2v) is 6.31. The third-order valence-electron chi connectivity index (χ3n) is 3.50. The van der Waals surface area contributed by atoms with Gasteiger partial charge in [0.2, 0.25) is 0 Å². The van der Waals surface area contributed by atoms with Crippen molar-refractivity contribution in [1.82, 2.24) is 10.2 Å². The number of aliphatic imine (C=N–C) groups is 1. The first-order chi connectivity index (χ1) is 10.6. The third-order valence-corrected chi connectivity index (χ3v) is 4.61. The molecule has 1 heterocycles. The highest BCUT2D eigenvalue weighted by Crippen LogP contribution is 2.19. The molecule has 0 aliphatic heterocycles. The molecule has 0 fully saturated rings. The summed E-state index contributed by atoms with van der Waals surface area (Å²) in [7, 11) is 3.76. The predicted molar refractivity (Wildman–Crippen MR) is 107 cm³/mol. The number of thiophene rings is 1. The number of guanidine groups is 1. The molecule has 23 heavy (non-hydrogen) atoms. The number of nitrogens with one attached hydrogen (secondary N) is 1. The molecule has 1 aromatic carbocycles. The summed E-state index contributed by atoms with van der Waals surface area (Å²) in [6.45, 7) is 3.72. The first-order valence-electron chi connectivity index (χ1n) is 7.29. The van der Waals surface area contributed by atoms with Gasteiger partial charge >= 0.3 is 0 Å². The summed E-state index contributed by atoms with van der Waals surface area (Å²) in [6, 6.07) is 10.8. The lowest BCUT2D eigenvalue weighted by molar-refractivity contribution is 0.473. The van der Waals surface area contributed by atoms with Crippen molar-refractivity contribution in [3.8, 4) is 0 Å². The van der Waals surface area contributed by atoms with E-state index < -0.39 is 0 Å². The highest BCUT2D eigenvalue weighted by molar-refractivity contribution is 14.0. The van der Waals surface area contributed by atoms with Crippen LogP contribution in [0, 0.1) is 5.82 Å². The maximum Gasteiger partial charge on any atom is 0.193 e. The van der Waals surface area contributed by atoms with Crippen molar-refractivity contribution in [2.75, 3.05) is 20.6 Å². The van der Waals surface area contributed by atoms with Gasteiger partial charge in [0.25, 0.3) is 0 Å². The lowest BCUT2D eigenvalue weighted by atomic mass is 10.1. The van der Waals surface area contributed by atoms with Crippen LogP contribution < -0.4 is 5.32 Å². The molecular weight excluding hydrogens is 424 g/mol. The maximum absolute atomic E-state index is 12.9. The number of halogens is 2. The van der Waals surface area contributed by atoms with E-state index in [1.54, 1.807) is 30.5 Å². The number of hydrogen-bond donors (Lipinski definition) is 1. The van der Waals surface area contributed by atoms with Gasteiger partial charge in [0, 0.05) is 38.0 Å². The Balaban J connectivity index is 0.00000264. The van der Waals surface area contributed by atoms with E-state index in [0.29, 0.717) is 12.5 Å². The molecule has 0 radical (unpaired) electrons. The van der Waals surface area contributed by atoms with Crippen molar-refractivity contribution in [2.24, 2.45) is 4.99 Å². The van der Waals surface area contributed by atoms with Crippen molar-refractivity contribution in [2.45, 2.75) is 19.4 Å². The van der Waals surface area contributed by atoms with Crippen LogP contribution in [0.3, 0.4) is 0 Å². The highest BCUT2D eigenvalue weighted by Gasteiger charge is 2.10. The van der Waals surface area contributed by atoms with Gasteiger partial charge in [-0.1, -0.05) is 25.1 Å². The minimum Gasteiger partial charge on any atom is -0.356 e. The van der Waals surface area contributed by atoms with Crippen LogP contribution in [0.1, 0.15) is 23.3 Å². The molecule has 3 nitrogen and oxygen atoms in total. The fraction of sp³-hybridized carbons (Fsp3) is 0.353. The van der Waals surface area contributed by atoms with Gasteiger partial charge in [-0.2, -0.15) is 0 Å². The first-order valence-corrected chi connectivity index (χ1v) is 8.17. The third kappa shape index (κ3) is 6.10. The van der Waals surface area contributed by atoms with Gasteiger partial charge < -0.3 is 10.2 Å². The van der Waals surface area contributed by atoms with Crippen molar-refractivity contribution < 1.29 is 4.39 Å². The van der Waals surface area contributed by atoms with Crippen LogP contribution >= 0.6 is 35.3 Å². The van der Waals surface area contributed by atoms with E-state index in [1.807, 2.05) is 11.9 Å². The van der Waals surface area contributed by atoms with Gasteiger partial charge in [0.15, 0.2) is 5.96 Å². The van der Waals surface area contributed by atoms with E-state index in [9.17, 15) is 4.39 Å². The molecule has 1 aromatic heterocycles. The molecule has 1 N–H and O–H groups in total. The van der Waals surface area contributed by atoms with Crippen LogP contribution in [-0.4, -0.2) is 31.5 Å². The minimum atomic E-state index is -0.210. The largest absolute Gasteiger partial charge is 0.356 e. The van der Waals surface area contributed by atoms with E-state index in [4.69, 9.17) is 0 Å². The Morgan fingerprint density at radius 2 is 2.00 bits per heavy atom. The first kappa shape index (κ1) is 19.9. The molecular formula is C17H23FIN3S. The molecule has 0 aliphatic carbocycles. The Morgan fingerprint density at radius 3 is 2.57 bits per heavy atom. The van der Waals surface area contributed by atoms with E-state index in [2.05, 4.69) is 34.7 Å². The summed E-state index contributed by atoms with van der Waals surface area (Å²) in [5.74, 6) is 1.07. The molecule has 0 saturated carbocycles. The topological polar surface area (TPSA) is 27.6 Å². The predicted octanol–water partition coefficient (Wildman–Crippen LogP) is 4.32. The monoisotopic (exact) mass is 447 g/mol. The maximum atomic E-state index is 12.9. The Labute approximate surface area is 158 Å². The average molecular weight is 447 g/mol. The zero-order valence-electron chi connectivity index (χ0n) is 13.6. The van der Waals surface area contributed by atoms with E-state index in [1.165, 1.54) is 17.0 Å². The van der Waals surface area contributed by atoms with Gasteiger partial charge in [-0.05, 0) is 29.1 Å². The SMILES string of the molecule is CN=C(NCC(C)c1cccs1)N(C)Cc1ccc(F)cc1.I. The van der Waals surface area contributed by atoms with Gasteiger partial charge in [-0.3, -0.25) is 4.99 Å². The number of rotatable bonds is 5. The summed E-state index contributed by atoms with van der Waals surface area (Å²) in [5.41, 5.74) is 1.05. The normalized spacial score (nSPS) is 12.4. The molecule has 6 heteroatoms. The molecule has 2 aromatic rings. The van der Waals surface area contributed by atoms with Crippen LogP contribution in [0.4, 0.5) is 4.39 Å². The number of hydrogen-bond acceptors (Lipinski definition) is 2. The zero-order valence-corrected chi connectivity index (χ0v) is 16.8. The van der Waals surface area contributed by atoms with Gasteiger partial charge in [0.05, 0.1) is 0 Å². The van der Waals surface area contributed by atoms with Crippen LogP contribution in [-0.2, 0) is 6.54 Å². The fourth-order valence-electron chi connectivity index (χ4n) is 2.24. The molecule has 1 atom stereocenters. The number of benzene rings is 1. The summed E-state index contributed by atoms with van der Waals surface area (Å²) in [6.07, 6.45) is 0. The van der Waals surface area contributed by atoms with Crippen molar-refractivity contribution >= 4 is 41.3 Å². The summed E-state index contributed by atoms with van der Waals surface area (Å²) < 4.78 is 12.9. The molecule has 2 rings (SSSR count). The summed E-state index contributed by atoms with van der Waals surface area (Å²) in [5, 5.41) is 5.50. The number of nitrogens with zero attached hydrogens (tertiary/aromatic N) is 2. The molecule has 126 valence electrons. The van der Waals surface area contributed by atoms with E-state index >= 15 is 0 Å². The second kappa shape index (κ2) is 9.87. The van der Waals surface area contributed by atoms with Crippen LogP contribution in [0.5, 0.6) is 0 Å². The van der Waals surface area contributed by atoms with Crippen LogP contribution in [0.2, 0.25) is 0 Å². The molecule has 1 unspecified atom stereocenters. The zero-order chi connectivity index (χ0) is 15.9. The van der Waals surface area contributed by atoms with Crippen molar-refractivity contribution in [3.63, 3.8) is 0 Å². The van der Waals surface area contributed by atoms with Gasteiger partial charge in [0.1, 0.15) is 5.82 Å². The second-order valence-electron chi connectivity index (χ2n) is 5.33. The van der Waals surface area contributed by atoms with Crippen LogP contribution in [0.15, 0.2) is 46.8 Å². The van der Waals surface area contributed by atoms with Crippen molar-refractivity contribution in [3.05, 3.63) is 58.0 Å². The Morgan fingerprint density at radius 1 is 1.30 bits per heavy atom. The van der Waals surface area contributed by atoms with E-state index in [0.717, 1.165) is 18.1 Å². The Hall–Kier alpha value is -1.15. The molecule has 0 saturated heterocycles. The molecule has 0 aliphatic rings. The summed E-state index contributed by atoms with van der Waals surface area (Å²) in [4.78, 5) is 7.72. The average Bonchev–Trinajstić information content (AvgIpc) is 3.04. The van der Waals surface area contributed by atoms with Crippen LogP contribution in [0.25, 0.3) is 0 Å². The summed E-state index contributed by atoms with van der Waals surface area (Å²) >= 11 is 1.77. The minimum absolute atomic E-state index is 0. The fourth-order valence-corrected chi connectivity index (χ4v) is 3.03. The van der Waals surface area contributed by atoms with Gasteiger partial charge in [-0.15, -0.1) is 35.3 Å². The molecule has 0 amide bonds. The molecule has 0 bridgehead atoms. The lowest BCUT2D eigenvalue weighted by Gasteiger charge is -2.23. The van der Waals surface area contributed by atoms with Gasteiger partial charge in [-0.25, -0.2) is 4.39 Å². The Bertz CT molecular complexity index is 599. The van der Waals surface area contributed by atoms with E-state index in [-0.39, 0.29) is 29.8 Å². The van der Waals surface area contributed by atoms with Crippen molar-refractivity contribution in [1.29, 1.82) is 0 Å². The smallest absolute Gasteiger partial charge is 0.193 e. The quantitative estimate of drug-likeness (QED) is 0.420. The molecule has 0 spiro atoms. The highest BCUT2D eigenvalue weighted by atomic mass is 127. The lowest BCUT2D eigenvalue weighted by Crippen LogP contribution is -2.39.